The number of hydrogen-bond acceptors (Lipinski definition) is 2. The maximum atomic E-state index is 6.15. The van der Waals surface area contributed by atoms with Gasteiger partial charge in [-0.05, 0) is 67.1 Å². The number of fused-ring (bicyclic) bond motifs is 1. The highest BCUT2D eigenvalue weighted by atomic mass is 35.5. The largest absolute Gasteiger partial charge is 0.494 e. The van der Waals surface area contributed by atoms with E-state index >= 15 is 0 Å². The van der Waals surface area contributed by atoms with Crippen molar-refractivity contribution in [2.45, 2.75) is 77.0 Å². The Labute approximate surface area is 170 Å². The van der Waals surface area contributed by atoms with Crippen LogP contribution >= 0.6 is 11.6 Å². The SMILES string of the molecule is CCCCCCCOc1ccc2cc(OCCCCC(Cl)CC)ccc2c1. The maximum Gasteiger partial charge on any atom is 0.119 e. The molecule has 3 heteroatoms. The number of halogens is 1. The van der Waals surface area contributed by atoms with Crippen LogP contribution in [-0.2, 0) is 0 Å². The molecule has 1 unspecified atom stereocenters. The standard InChI is InChI=1S/C24H35ClO2/c1-3-5-6-7-9-16-26-23-14-12-21-19-24(15-13-20(21)18-23)27-17-10-8-11-22(25)4-2/h12-15,18-19,22H,3-11,16-17H2,1-2H3. The fraction of sp³-hybridized carbons (Fsp3) is 0.583. The Morgan fingerprint density at radius 2 is 1.30 bits per heavy atom. The summed E-state index contributed by atoms with van der Waals surface area (Å²) < 4.78 is 11.8. The third-order valence-electron chi connectivity index (χ3n) is 4.92. The van der Waals surface area contributed by atoms with E-state index in [1.165, 1.54) is 36.5 Å². The zero-order valence-corrected chi connectivity index (χ0v) is 17.8. The van der Waals surface area contributed by atoms with Crippen LogP contribution in [0.15, 0.2) is 36.4 Å². The molecular weight excluding hydrogens is 356 g/mol. The van der Waals surface area contributed by atoms with E-state index in [0.717, 1.165) is 56.8 Å². The van der Waals surface area contributed by atoms with Crippen molar-refractivity contribution in [3.05, 3.63) is 36.4 Å². The summed E-state index contributed by atoms with van der Waals surface area (Å²) in [7, 11) is 0. The normalized spacial score (nSPS) is 12.3. The lowest BCUT2D eigenvalue weighted by Gasteiger charge is -2.10. The number of alkyl halides is 1. The van der Waals surface area contributed by atoms with E-state index in [4.69, 9.17) is 21.1 Å². The molecule has 0 saturated heterocycles. The number of unbranched alkanes of at least 4 members (excludes halogenated alkanes) is 5. The van der Waals surface area contributed by atoms with E-state index in [9.17, 15) is 0 Å². The molecule has 1 atom stereocenters. The predicted octanol–water partition coefficient (Wildman–Crippen LogP) is 7.76. The molecule has 2 aromatic carbocycles. The Balaban J connectivity index is 1.75. The molecule has 0 radical (unpaired) electrons. The molecule has 27 heavy (non-hydrogen) atoms. The summed E-state index contributed by atoms with van der Waals surface area (Å²) in [4.78, 5) is 0. The first-order chi connectivity index (χ1) is 13.2. The van der Waals surface area contributed by atoms with E-state index in [0.29, 0.717) is 5.38 Å². The van der Waals surface area contributed by atoms with E-state index in [-0.39, 0.29) is 0 Å². The van der Waals surface area contributed by atoms with Gasteiger partial charge >= 0.3 is 0 Å². The summed E-state index contributed by atoms with van der Waals surface area (Å²) in [5, 5.41) is 2.69. The number of ether oxygens (including phenoxy) is 2. The molecular formula is C24H35ClO2. The molecule has 150 valence electrons. The Bertz CT molecular complexity index is 656. The van der Waals surface area contributed by atoms with Gasteiger partial charge in [0.2, 0.25) is 0 Å². The van der Waals surface area contributed by atoms with Crippen LogP contribution in [0.2, 0.25) is 0 Å². The third-order valence-corrected chi connectivity index (χ3v) is 5.45. The number of benzene rings is 2. The minimum Gasteiger partial charge on any atom is -0.494 e. The van der Waals surface area contributed by atoms with Crippen LogP contribution < -0.4 is 9.47 Å². The number of rotatable bonds is 14. The van der Waals surface area contributed by atoms with Crippen LogP contribution in [-0.4, -0.2) is 18.6 Å². The van der Waals surface area contributed by atoms with Crippen LogP contribution in [0.3, 0.4) is 0 Å². The van der Waals surface area contributed by atoms with Gasteiger partial charge in [-0.3, -0.25) is 0 Å². The van der Waals surface area contributed by atoms with Gasteiger partial charge in [0.1, 0.15) is 11.5 Å². The van der Waals surface area contributed by atoms with Gasteiger partial charge in [0.15, 0.2) is 0 Å². The summed E-state index contributed by atoms with van der Waals surface area (Å²) in [6.07, 6.45) is 10.6. The van der Waals surface area contributed by atoms with Crippen LogP contribution in [0.25, 0.3) is 10.8 Å². The fourth-order valence-corrected chi connectivity index (χ4v) is 3.29. The van der Waals surface area contributed by atoms with E-state index in [1.54, 1.807) is 0 Å². The molecule has 2 aromatic rings. The Morgan fingerprint density at radius 3 is 1.85 bits per heavy atom. The Kier molecular flexibility index (Phi) is 10.4. The summed E-state index contributed by atoms with van der Waals surface area (Å²) in [6.45, 7) is 5.92. The van der Waals surface area contributed by atoms with Gasteiger partial charge in [0.05, 0.1) is 13.2 Å². The maximum absolute atomic E-state index is 6.15. The van der Waals surface area contributed by atoms with Crippen molar-refractivity contribution < 1.29 is 9.47 Å². The minimum atomic E-state index is 0.304. The summed E-state index contributed by atoms with van der Waals surface area (Å²) in [5.41, 5.74) is 0. The number of hydrogen-bond donors (Lipinski definition) is 0. The van der Waals surface area contributed by atoms with Crippen LogP contribution in [0.5, 0.6) is 11.5 Å². The average Bonchev–Trinajstić information content (AvgIpc) is 2.70. The molecule has 2 nitrogen and oxygen atoms in total. The molecule has 0 aromatic heterocycles. The van der Waals surface area contributed by atoms with Crippen LogP contribution in [0.4, 0.5) is 0 Å². The first-order valence-electron chi connectivity index (χ1n) is 10.7. The first kappa shape index (κ1) is 21.9. The van der Waals surface area contributed by atoms with Gasteiger partial charge in [0, 0.05) is 5.38 Å². The topological polar surface area (TPSA) is 18.5 Å². The second-order valence-corrected chi connectivity index (χ2v) is 7.90. The monoisotopic (exact) mass is 390 g/mol. The summed E-state index contributed by atoms with van der Waals surface area (Å²) in [5.74, 6) is 1.89. The van der Waals surface area contributed by atoms with Crippen molar-refractivity contribution in [1.82, 2.24) is 0 Å². The summed E-state index contributed by atoms with van der Waals surface area (Å²) >= 11 is 6.15. The van der Waals surface area contributed by atoms with Crippen LogP contribution in [0, 0.1) is 0 Å². The molecule has 0 spiro atoms. The molecule has 0 heterocycles. The average molecular weight is 391 g/mol. The van der Waals surface area contributed by atoms with Gasteiger partial charge in [-0.1, -0.05) is 51.7 Å². The predicted molar refractivity (Wildman–Crippen MR) is 117 cm³/mol. The van der Waals surface area contributed by atoms with Gasteiger partial charge in [-0.2, -0.15) is 0 Å². The molecule has 0 bridgehead atoms. The smallest absolute Gasteiger partial charge is 0.119 e. The second-order valence-electron chi connectivity index (χ2n) is 7.28. The first-order valence-corrected chi connectivity index (χ1v) is 11.1. The van der Waals surface area contributed by atoms with Crippen molar-refractivity contribution in [1.29, 1.82) is 0 Å². The van der Waals surface area contributed by atoms with Crippen molar-refractivity contribution in [2.24, 2.45) is 0 Å². The Morgan fingerprint density at radius 1 is 0.741 bits per heavy atom. The van der Waals surface area contributed by atoms with E-state index in [1.807, 2.05) is 6.07 Å². The zero-order chi connectivity index (χ0) is 19.3. The lowest BCUT2D eigenvalue weighted by molar-refractivity contribution is 0.304. The van der Waals surface area contributed by atoms with Crippen molar-refractivity contribution in [3.63, 3.8) is 0 Å². The molecule has 0 aliphatic carbocycles. The molecule has 2 rings (SSSR count). The van der Waals surface area contributed by atoms with Crippen molar-refractivity contribution in [3.8, 4) is 11.5 Å². The molecule has 0 saturated carbocycles. The van der Waals surface area contributed by atoms with Gasteiger partial charge in [-0.25, -0.2) is 0 Å². The molecule has 0 aliphatic heterocycles. The molecule has 0 fully saturated rings. The van der Waals surface area contributed by atoms with Crippen molar-refractivity contribution in [2.75, 3.05) is 13.2 Å². The summed E-state index contributed by atoms with van der Waals surface area (Å²) in [6, 6.07) is 12.6. The van der Waals surface area contributed by atoms with Gasteiger partial charge in [0.25, 0.3) is 0 Å². The zero-order valence-electron chi connectivity index (χ0n) is 17.0. The highest BCUT2D eigenvalue weighted by Crippen LogP contribution is 2.25. The lowest BCUT2D eigenvalue weighted by Crippen LogP contribution is -2.00. The molecule has 0 amide bonds. The highest BCUT2D eigenvalue weighted by molar-refractivity contribution is 6.20. The second kappa shape index (κ2) is 12.9. The van der Waals surface area contributed by atoms with Crippen molar-refractivity contribution >= 4 is 22.4 Å². The third kappa shape index (κ3) is 8.43. The van der Waals surface area contributed by atoms with E-state index in [2.05, 4.69) is 44.2 Å². The van der Waals surface area contributed by atoms with Gasteiger partial charge < -0.3 is 9.47 Å². The quantitative estimate of drug-likeness (QED) is 0.242. The molecule has 0 aliphatic rings. The fourth-order valence-electron chi connectivity index (χ4n) is 3.14. The minimum absolute atomic E-state index is 0.304. The Hall–Kier alpha value is -1.41. The van der Waals surface area contributed by atoms with E-state index < -0.39 is 0 Å². The van der Waals surface area contributed by atoms with Crippen LogP contribution in [0.1, 0.15) is 71.6 Å². The van der Waals surface area contributed by atoms with Gasteiger partial charge in [-0.15, -0.1) is 11.6 Å². The molecule has 0 N–H and O–H groups in total. The highest BCUT2D eigenvalue weighted by Gasteiger charge is 2.03. The lowest BCUT2D eigenvalue weighted by atomic mass is 10.1.